The van der Waals surface area contributed by atoms with Crippen LogP contribution >= 0.6 is 0 Å². The van der Waals surface area contributed by atoms with Crippen LogP contribution in [-0.2, 0) is 11.2 Å². The highest BCUT2D eigenvalue weighted by molar-refractivity contribution is 6.08. The third-order valence-corrected chi connectivity index (χ3v) is 5.23. The number of nitrogens with one attached hydrogen (secondary N) is 1. The van der Waals surface area contributed by atoms with Crippen LogP contribution < -0.4 is 11.1 Å². The highest BCUT2D eigenvalue weighted by atomic mass is 16.4. The van der Waals surface area contributed by atoms with E-state index in [4.69, 9.17) is 13.6 Å². The molecule has 0 amide bonds. The summed E-state index contributed by atoms with van der Waals surface area (Å²) in [5.41, 5.74) is 6.48. The monoisotopic (exact) mass is 328 g/mol. The average Bonchev–Trinajstić information content (AvgIpc) is 2.53. The van der Waals surface area contributed by atoms with Gasteiger partial charge in [-0.2, -0.15) is 0 Å². The highest BCUT2D eigenvalue weighted by Crippen LogP contribution is 2.38. The van der Waals surface area contributed by atoms with Gasteiger partial charge in [0.25, 0.3) is 0 Å². The molecule has 4 N–H and O–H groups in total. The first kappa shape index (κ1) is 19.0. The third-order valence-electron chi connectivity index (χ3n) is 5.23. The number of unbranched alkanes of at least 4 members (excludes halogenated alkanes) is 1. The van der Waals surface area contributed by atoms with Crippen molar-refractivity contribution in [1.82, 2.24) is 5.32 Å². The molecule has 0 saturated heterocycles. The first-order valence-corrected chi connectivity index (χ1v) is 9.06. The fourth-order valence-corrected chi connectivity index (χ4v) is 3.50. The topological polar surface area (TPSA) is 75.4 Å². The lowest BCUT2D eigenvalue weighted by Gasteiger charge is -2.45. The zero-order valence-electron chi connectivity index (χ0n) is 14.4. The molecule has 1 unspecified atom stereocenters. The second kappa shape index (κ2) is 9.23. The summed E-state index contributed by atoms with van der Waals surface area (Å²) in [7, 11) is 5.49. The van der Waals surface area contributed by atoms with E-state index in [1.165, 1.54) is 5.56 Å². The number of rotatable bonds is 11. The van der Waals surface area contributed by atoms with Gasteiger partial charge in [0.2, 0.25) is 0 Å². The van der Waals surface area contributed by atoms with Crippen molar-refractivity contribution in [3.63, 3.8) is 0 Å². The summed E-state index contributed by atoms with van der Waals surface area (Å²) < 4.78 is 0. The van der Waals surface area contributed by atoms with Crippen LogP contribution in [0.4, 0.5) is 0 Å². The molecule has 0 aliphatic heterocycles. The predicted molar refractivity (Wildman–Crippen MR) is 98.2 cm³/mol. The van der Waals surface area contributed by atoms with Crippen LogP contribution in [0.1, 0.15) is 44.1 Å². The van der Waals surface area contributed by atoms with Crippen molar-refractivity contribution in [2.24, 2.45) is 11.7 Å². The molecule has 0 heterocycles. The molecule has 1 aliphatic carbocycles. The van der Waals surface area contributed by atoms with E-state index in [1.807, 2.05) is 6.07 Å². The number of aliphatic carboxylic acids is 1. The zero-order chi connectivity index (χ0) is 17.4. The summed E-state index contributed by atoms with van der Waals surface area (Å²) in [6, 6.07) is 10.9. The minimum atomic E-state index is -1.09. The Bertz CT molecular complexity index is 505. The van der Waals surface area contributed by atoms with E-state index in [0.29, 0.717) is 18.8 Å². The van der Waals surface area contributed by atoms with E-state index in [2.05, 4.69) is 29.6 Å². The van der Waals surface area contributed by atoms with Crippen molar-refractivity contribution in [2.45, 2.75) is 62.8 Å². The molecule has 1 aromatic rings. The molecular formula is C19H29BN2O2. The first-order chi connectivity index (χ1) is 11.6. The Hall–Kier alpha value is -1.33. The van der Waals surface area contributed by atoms with Crippen molar-refractivity contribution in [1.29, 1.82) is 0 Å². The van der Waals surface area contributed by atoms with Gasteiger partial charge in [-0.3, -0.25) is 4.79 Å². The van der Waals surface area contributed by atoms with Crippen molar-refractivity contribution in [3.05, 3.63) is 35.9 Å². The van der Waals surface area contributed by atoms with Crippen LogP contribution in [0, 0.1) is 5.92 Å². The fourth-order valence-electron chi connectivity index (χ4n) is 3.50. The van der Waals surface area contributed by atoms with Gasteiger partial charge in [-0.05, 0) is 50.1 Å². The van der Waals surface area contributed by atoms with Crippen molar-refractivity contribution < 1.29 is 9.90 Å². The molecule has 1 atom stereocenters. The standard InChI is InChI=1S/C19H29BN2O2/c20-11-5-4-10-19(21,18(23)24)16-13-17(14-16)22-12-6-9-15-7-2-1-3-8-15/h1-3,7-8,16-17,22H,4-6,9-14,21H2,(H,23,24). The second-order valence-electron chi connectivity index (χ2n) is 7.00. The molecule has 130 valence electrons. The number of benzene rings is 1. The van der Waals surface area contributed by atoms with E-state index in [-0.39, 0.29) is 5.92 Å². The van der Waals surface area contributed by atoms with Crippen molar-refractivity contribution >= 4 is 13.8 Å². The minimum Gasteiger partial charge on any atom is -0.480 e. The van der Waals surface area contributed by atoms with Crippen LogP contribution in [0.25, 0.3) is 0 Å². The first-order valence-electron chi connectivity index (χ1n) is 9.06. The molecule has 1 fully saturated rings. The number of carbonyl (C=O) groups is 1. The Balaban J connectivity index is 1.66. The Labute approximate surface area is 146 Å². The molecule has 2 radical (unpaired) electrons. The van der Waals surface area contributed by atoms with Gasteiger partial charge in [-0.15, -0.1) is 0 Å². The maximum absolute atomic E-state index is 11.6. The lowest BCUT2D eigenvalue weighted by molar-refractivity contribution is -0.148. The summed E-state index contributed by atoms with van der Waals surface area (Å²) >= 11 is 0. The van der Waals surface area contributed by atoms with Crippen LogP contribution in [0.2, 0.25) is 6.32 Å². The third kappa shape index (κ3) is 5.08. The molecule has 1 aromatic carbocycles. The van der Waals surface area contributed by atoms with Gasteiger partial charge in [-0.25, -0.2) is 0 Å². The summed E-state index contributed by atoms with van der Waals surface area (Å²) in [6.45, 7) is 0.962. The van der Waals surface area contributed by atoms with Gasteiger partial charge in [0.05, 0.1) is 7.85 Å². The molecule has 1 aliphatic rings. The predicted octanol–water partition coefficient (Wildman–Crippen LogP) is 2.53. The summed E-state index contributed by atoms with van der Waals surface area (Å²) in [5.74, 6) is -0.800. The lowest BCUT2D eigenvalue weighted by Crippen LogP contribution is -2.61. The van der Waals surface area contributed by atoms with Gasteiger partial charge in [-0.1, -0.05) is 49.5 Å². The molecule has 5 heteroatoms. The van der Waals surface area contributed by atoms with E-state index in [0.717, 1.165) is 45.1 Å². The largest absolute Gasteiger partial charge is 0.480 e. The minimum absolute atomic E-state index is 0.0689. The van der Waals surface area contributed by atoms with Gasteiger partial charge < -0.3 is 16.2 Å². The normalized spacial score (nSPS) is 22.5. The maximum Gasteiger partial charge on any atom is 0.323 e. The zero-order valence-corrected chi connectivity index (χ0v) is 14.4. The SMILES string of the molecule is [B]CCCCC(N)(C(=O)O)C1CC(NCCCc2ccccc2)C1. The number of hydrogen-bond donors (Lipinski definition) is 3. The fraction of sp³-hybridized carbons (Fsp3) is 0.632. The van der Waals surface area contributed by atoms with E-state index in [9.17, 15) is 9.90 Å². The van der Waals surface area contributed by atoms with Gasteiger partial charge in [0, 0.05) is 6.04 Å². The molecule has 0 aromatic heterocycles. The lowest BCUT2D eigenvalue weighted by atomic mass is 9.66. The Kier molecular flexibility index (Phi) is 7.31. The smallest absolute Gasteiger partial charge is 0.323 e. The van der Waals surface area contributed by atoms with E-state index in [1.54, 1.807) is 0 Å². The van der Waals surface area contributed by atoms with Gasteiger partial charge in [0.15, 0.2) is 0 Å². The second-order valence-corrected chi connectivity index (χ2v) is 7.00. The van der Waals surface area contributed by atoms with Crippen LogP contribution in [-0.4, -0.2) is 37.0 Å². The van der Waals surface area contributed by atoms with Crippen LogP contribution in [0.15, 0.2) is 30.3 Å². The quantitative estimate of drug-likeness (QED) is 0.431. The van der Waals surface area contributed by atoms with Crippen molar-refractivity contribution in [2.75, 3.05) is 6.54 Å². The number of carboxylic acids is 1. The molecule has 24 heavy (non-hydrogen) atoms. The molecule has 0 bridgehead atoms. The summed E-state index contributed by atoms with van der Waals surface area (Å²) in [5, 5.41) is 13.0. The maximum atomic E-state index is 11.6. The van der Waals surface area contributed by atoms with E-state index >= 15 is 0 Å². The number of aryl methyl sites for hydroxylation is 1. The van der Waals surface area contributed by atoms with Gasteiger partial charge in [0.1, 0.15) is 5.54 Å². The molecule has 1 saturated carbocycles. The van der Waals surface area contributed by atoms with Crippen LogP contribution in [0.3, 0.4) is 0 Å². The number of hydrogen-bond acceptors (Lipinski definition) is 3. The average molecular weight is 328 g/mol. The van der Waals surface area contributed by atoms with E-state index < -0.39 is 11.5 Å². The summed E-state index contributed by atoms with van der Waals surface area (Å²) in [4.78, 5) is 11.6. The van der Waals surface area contributed by atoms with Gasteiger partial charge >= 0.3 is 5.97 Å². The highest BCUT2D eigenvalue weighted by Gasteiger charge is 2.47. The number of carboxylic acid groups (broad SMARTS) is 1. The summed E-state index contributed by atoms with van der Waals surface area (Å²) in [6.07, 6.45) is 6.60. The van der Waals surface area contributed by atoms with Crippen molar-refractivity contribution in [3.8, 4) is 0 Å². The Morgan fingerprint density at radius 2 is 1.96 bits per heavy atom. The molecule has 4 nitrogen and oxygen atoms in total. The molecular weight excluding hydrogens is 299 g/mol. The Morgan fingerprint density at radius 1 is 1.25 bits per heavy atom. The number of nitrogens with two attached hydrogens (primary N) is 1. The molecule has 0 spiro atoms. The Morgan fingerprint density at radius 3 is 2.58 bits per heavy atom. The molecule has 2 rings (SSSR count). The van der Waals surface area contributed by atoms with Crippen LogP contribution in [0.5, 0.6) is 0 Å².